The number of benzene rings is 1. The van der Waals surface area contributed by atoms with Gasteiger partial charge in [0.25, 0.3) is 0 Å². The highest BCUT2D eigenvalue weighted by atomic mass is 16.3. The van der Waals surface area contributed by atoms with Crippen molar-refractivity contribution in [2.75, 3.05) is 19.6 Å². The van der Waals surface area contributed by atoms with Gasteiger partial charge in [0.05, 0.1) is 5.60 Å². The van der Waals surface area contributed by atoms with Crippen LogP contribution in [0.15, 0.2) is 18.2 Å². The summed E-state index contributed by atoms with van der Waals surface area (Å²) in [7, 11) is 0. The lowest BCUT2D eigenvalue weighted by Crippen LogP contribution is -2.33. The number of nitrogens with zero attached hydrogens (tertiary/aromatic N) is 1. The van der Waals surface area contributed by atoms with E-state index in [1.807, 2.05) is 0 Å². The van der Waals surface area contributed by atoms with Gasteiger partial charge in [-0.3, -0.25) is 0 Å². The van der Waals surface area contributed by atoms with Crippen LogP contribution in [0.25, 0.3) is 0 Å². The molecule has 1 fully saturated rings. The summed E-state index contributed by atoms with van der Waals surface area (Å²) in [5.74, 6) is 0. The van der Waals surface area contributed by atoms with E-state index in [-0.39, 0.29) is 0 Å². The first kappa shape index (κ1) is 14.5. The standard InChI is InChI=1S/C17H27NO/c1-4-18-10-5-8-17(19,9-11-18)13-16-7-6-14(2)15(3)12-16/h6-7,12,19H,4-5,8-11,13H2,1-3H3. The van der Waals surface area contributed by atoms with Crippen molar-refractivity contribution >= 4 is 0 Å². The molecule has 2 nitrogen and oxygen atoms in total. The van der Waals surface area contributed by atoms with E-state index in [1.54, 1.807) is 0 Å². The van der Waals surface area contributed by atoms with Crippen molar-refractivity contribution in [2.45, 2.75) is 52.1 Å². The number of hydrogen-bond acceptors (Lipinski definition) is 2. The Morgan fingerprint density at radius 2 is 1.95 bits per heavy atom. The maximum absolute atomic E-state index is 10.9. The Labute approximate surface area is 117 Å². The lowest BCUT2D eigenvalue weighted by Gasteiger charge is -2.27. The van der Waals surface area contributed by atoms with Crippen molar-refractivity contribution < 1.29 is 5.11 Å². The molecule has 106 valence electrons. The number of aliphatic hydroxyl groups is 1. The Hall–Kier alpha value is -0.860. The van der Waals surface area contributed by atoms with E-state index < -0.39 is 5.60 Å². The summed E-state index contributed by atoms with van der Waals surface area (Å²) in [5.41, 5.74) is 3.42. The van der Waals surface area contributed by atoms with E-state index in [0.29, 0.717) is 0 Å². The lowest BCUT2D eigenvalue weighted by atomic mass is 9.87. The average molecular weight is 261 g/mol. The smallest absolute Gasteiger partial charge is 0.0700 e. The zero-order valence-corrected chi connectivity index (χ0v) is 12.6. The summed E-state index contributed by atoms with van der Waals surface area (Å²) < 4.78 is 0. The van der Waals surface area contributed by atoms with Gasteiger partial charge in [0.1, 0.15) is 0 Å². The molecule has 1 heterocycles. The topological polar surface area (TPSA) is 23.5 Å². The SMILES string of the molecule is CCN1CCCC(O)(Cc2ccc(C)c(C)c2)CC1. The fraction of sp³-hybridized carbons (Fsp3) is 0.647. The minimum Gasteiger partial charge on any atom is -0.389 e. The molecule has 0 saturated carbocycles. The average Bonchev–Trinajstić information content (AvgIpc) is 2.56. The molecular formula is C17H27NO. The van der Waals surface area contributed by atoms with Gasteiger partial charge in [-0.25, -0.2) is 0 Å². The van der Waals surface area contributed by atoms with Crippen LogP contribution >= 0.6 is 0 Å². The Morgan fingerprint density at radius 3 is 2.63 bits per heavy atom. The highest BCUT2D eigenvalue weighted by Crippen LogP contribution is 2.27. The zero-order valence-electron chi connectivity index (χ0n) is 12.6. The van der Waals surface area contributed by atoms with Crippen molar-refractivity contribution in [2.24, 2.45) is 0 Å². The van der Waals surface area contributed by atoms with E-state index in [1.165, 1.54) is 16.7 Å². The Bertz CT molecular complexity index is 429. The summed E-state index contributed by atoms with van der Waals surface area (Å²) in [6.45, 7) is 9.74. The van der Waals surface area contributed by atoms with Gasteiger partial charge in [-0.05, 0) is 62.9 Å². The molecule has 0 bridgehead atoms. The lowest BCUT2D eigenvalue weighted by molar-refractivity contribution is 0.0258. The number of aryl methyl sites for hydroxylation is 2. The molecule has 1 aliphatic heterocycles. The minimum atomic E-state index is -0.508. The quantitative estimate of drug-likeness (QED) is 0.904. The monoisotopic (exact) mass is 261 g/mol. The molecule has 0 radical (unpaired) electrons. The minimum absolute atomic E-state index is 0.508. The first-order valence-electron chi connectivity index (χ1n) is 7.53. The van der Waals surface area contributed by atoms with Crippen molar-refractivity contribution in [3.8, 4) is 0 Å². The van der Waals surface area contributed by atoms with Crippen LogP contribution in [0.4, 0.5) is 0 Å². The van der Waals surface area contributed by atoms with Crippen LogP contribution in [0, 0.1) is 13.8 Å². The van der Waals surface area contributed by atoms with Gasteiger partial charge >= 0.3 is 0 Å². The summed E-state index contributed by atoms with van der Waals surface area (Å²) in [6.07, 6.45) is 3.73. The van der Waals surface area contributed by atoms with Crippen LogP contribution in [-0.2, 0) is 6.42 Å². The van der Waals surface area contributed by atoms with E-state index in [0.717, 1.165) is 45.3 Å². The van der Waals surface area contributed by atoms with Gasteiger partial charge < -0.3 is 10.0 Å². The Balaban J connectivity index is 2.05. The molecule has 0 amide bonds. The predicted octanol–water partition coefficient (Wildman–Crippen LogP) is 3.08. The van der Waals surface area contributed by atoms with Crippen molar-refractivity contribution in [1.82, 2.24) is 4.90 Å². The third kappa shape index (κ3) is 3.80. The first-order chi connectivity index (χ1) is 9.02. The molecule has 1 aromatic rings. The molecule has 1 aliphatic rings. The fourth-order valence-corrected chi connectivity index (χ4v) is 3.02. The van der Waals surface area contributed by atoms with E-state index in [9.17, 15) is 5.11 Å². The summed E-state index contributed by atoms with van der Waals surface area (Å²) in [5, 5.41) is 10.9. The predicted molar refractivity (Wildman–Crippen MR) is 80.5 cm³/mol. The molecule has 0 aromatic heterocycles. The van der Waals surface area contributed by atoms with Crippen molar-refractivity contribution in [3.63, 3.8) is 0 Å². The maximum Gasteiger partial charge on any atom is 0.0700 e. The van der Waals surface area contributed by atoms with E-state index in [4.69, 9.17) is 0 Å². The van der Waals surface area contributed by atoms with Gasteiger partial charge in [-0.2, -0.15) is 0 Å². The number of hydrogen-bond donors (Lipinski definition) is 1. The molecule has 1 aromatic carbocycles. The maximum atomic E-state index is 10.9. The van der Waals surface area contributed by atoms with E-state index in [2.05, 4.69) is 43.9 Å². The van der Waals surface area contributed by atoms with Gasteiger partial charge in [0.15, 0.2) is 0 Å². The molecule has 2 heteroatoms. The number of rotatable bonds is 3. The summed E-state index contributed by atoms with van der Waals surface area (Å²) in [6, 6.07) is 6.57. The molecule has 1 N–H and O–H groups in total. The highest BCUT2D eigenvalue weighted by Gasteiger charge is 2.29. The molecule has 0 spiro atoms. The van der Waals surface area contributed by atoms with Crippen LogP contribution in [0.5, 0.6) is 0 Å². The molecule has 2 rings (SSSR count). The van der Waals surface area contributed by atoms with Crippen molar-refractivity contribution in [3.05, 3.63) is 34.9 Å². The van der Waals surface area contributed by atoms with E-state index >= 15 is 0 Å². The number of likely N-dealkylation sites (tertiary alicyclic amines) is 1. The second kappa shape index (κ2) is 6.06. The van der Waals surface area contributed by atoms with Gasteiger partial charge in [-0.15, -0.1) is 0 Å². The summed E-state index contributed by atoms with van der Waals surface area (Å²) in [4.78, 5) is 2.44. The normalized spacial score (nSPS) is 25.3. The molecular weight excluding hydrogens is 234 g/mol. The van der Waals surface area contributed by atoms with Crippen LogP contribution in [-0.4, -0.2) is 35.2 Å². The first-order valence-corrected chi connectivity index (χ1v) is 7.53. The van der Waals surface area contributed by atoms with Gasteiger partial charge in [0.2, 0.25) is 0 Å². The molecule has 1 unspecified atom stereocenters. The van der Waals surface area contributed by atoms with Gasteiger partial charge in [0, 0.05) is 13.0 Å². The third-order valence-corrected chi connectivity index (χ3v) is 4.56. The van der Waals surface area contributed by atoms with Crippen LogP contribution in [0.2, 0.25) is 0 Å². The zero-order chi connectivity index (χ0) is 13.9. The fourth-order valence-electron chi connectivity index (χ4n) is 3.02. The highest BCUT2D eigenvalue weighted by molar-refractivity contribution is 5.30. The van der Waals surface area contributed by atoms with Crippen LogP contribution < -0.4 is 0 Å². The van der Waals surface area contributed by atoms with Gasteiger partial charge in [-0.1, -0.05) is 25.1 Å². The van der Waals surface area contributed by atoms with Crippen LogP contribution in [0.1, 0.15) is 42.9 Å². The second-order valence-electron chi connectivity index (χ2n) is 6.11. The van der Waals surface area contributed by atoms with Crippen LogP contribution in [0.3, 0.4) is 0 Å². The molecule has 1 saturated heterocycles. The van der Waals surface area contributed by atoms with Crippen molar-refractivity contribution in [1.29, 1.82) is 0 Å². The summed E-state index contributed by atoms with van der Waals surface area (Å²) >= 11 is 0. The largest absolute Gasteiger partial charge is 0.389 e. The Morgan fingerprint density at radius 1 is 1.16 bits per heavy atom. The molecule has 19 heavy (non-hydrogen) atoms. The molecule has 1 atom stereocenters. The Kier molecular flexibility index (Phi) is 4.64. The third-order valence-electron chi connectivity index (χ3n) is 4.56. The second-order valence-corrected chi connectivity index (χ2v) is 6.11. The molecule has 0 aliphatic carbocycles.